The molecule has 2 heterocycles. The van der Waals surface area contributed by atoms with Crippen LogP contribution in [0.2, 0.25) is 0 Å². The summed E-state index contributed by atoms with van der Waals surface area (Å²) in [4.78, 5) is 15.5. The predicted octanol–water partition coefficient (Wildman–Crippen LogP) is 0.0619. The number of primary amides is 1. The molecule has 0 aliphatic carbocycles. The van der Waals surface area contributed by atoms with Crippen LogP contribution in [0, 0.1) is 0 Å². The lowest BCUT2D eigenvalue weighted by Gasteiger charge is -2.32. The van der Waals surface area contributed by atoms with Gasteiger partial charge in [-0.15, -0.1) is 0 Å². The third-order valence-electron chi connectivity index (χ3n) is 3.76. The highest BCUT2D eigenvalue weighted by Crippen LogP contribution is 2.36. The van der Waals surface area contributed by atoms with Gasteiger partial charge in [-0.25, -0.2) is 0 Å². The monoisotopic (exact) mass is 263 g/mol. The van der Waals surface area contributed by atoms with Crippen LogP contribution in [0.5, 0.6) is 0 Å². The number of rotatable bonds is 2. The molecule has 0 spiro atoms. The Morgan fingerprint density at radius 2 is 1.74 bits per heavy atom. The predicted molar refractivity (Wildman–Crippen MR) is 72.9 cm³/mol. The van der Waals surface area contributed by atoms with Gasteiger partial charge >= 0.3 is 7.12 Å². The van der Waals surface area contributed by atoms with Crippen molar-refractivity contribution in [3.8, 4) is 0 Å². The van der Waals surface area contributed by atoms with Gasteiger partial charge in [-0.2, -0.15) is 0 Å². The molecule has 0 atom stereocenters. The van der Waals surface area contributed by atoms with Crippen molar-refractivity contribution in [3.05, 3.63) is 18.0 Å². The molecule has 102 valence electrons. The normalized spacial score (nSPS) is 20.5. The molecule has 1 aromatic heterocycles. The van der Waals surface area contributed by atoms with E-state index < -0.39 is 24.2 Å². The average Bonchev–Trinajstić information content (AvgIpc) is 2.47. The lowest BCUT2D eigenvalue weighted by atomic mass is 9.76. The molecule has 4 N–H and O–H groups in total. The summed E-state index contributed by atoms with van der Waals surface area (Å²) in [5, 5.41) is 0. The largest absolute Gasteiger partial charge is 0.497 e. The number of nitrogens with zero attached hydrogens (tertiary/aromatic N) is 1. The molecule has 1 amide bonds. The van der Waals surface area contributed by atoms with Gasteiger partial charge < -0.3 is 20.8 Å². The third kappa shape index (κ3) is 2.19. The first-order valence-corrected chi connectivity index (χ1v) is 6.04. The Bertz CT molecular complexity index is 515. The van der Waals surface area contributed by atoms with Crippen LogP contribution in [0.25, 0.3) is 0 Å². The first-order valence-electron chi connectivity index (χ1n) is 6.04. The molecular weight excluding hydrogens is 245 g/mol. The van der Waals surface area contributed by atoms with Crippen LogP contribution in [0.1, 0.15) is 38.1 Å². The Hall–Kier alpha value is -1.60. The van der Waals surface area contributed by atoms with Gasteiger partial charge in [-0.1, -0.05) is 0 Å². The number of pyridine rings is 1. The zero-order chi connectivity index (χ0) is 14.4. The van der Waals surface area contributed by atoms with Crippen LogP contribution in [0.3, 0.4) is 0 Å². The molecule has 6 nitrogen and oxygen atoms in total. The van der Waals surface area contributed by atoms with Crippen molar-refractivity contribution >= 4 is 24.2 Å². The summed E-state index contributed by atoms with van der Waals surface area (Å²) < 4.78 is 11.7. The zero-order valence-electron chi connectivity index (χ0n) is 11.6. The molecule has 0 bridgehead atoms. The Morgan fingerprint density at radius 3 is 2.21 bits per heavy atom. The fourth-order valence-electron chi connectivity index (χ4n) is 1.93. The minimum atomic E-state index is -0.705. The highest BCUT2D eigenvalue weighted by molar-refractivity contribution is 6.63. The summed E-state index contributed by atoms with van der Waals surface area (Å²) in [6, 6.07) is 0. The van der Waals surface area contributed by atoms with Crippen molar-refractivity contribution in [3.63, 3.8) is 0 Å². The zero-order valence-corrected chi connectivity index (χ0v) is 11.6. The minimum Gasteiger partial charge on any atom is -0.399 e. The summed E-state index contributed by atoms with van der Waals surface area (Å²) in [7, 11) is -0.705. The fraction of sp³-hybridized carbons (Fsp3) is 0.500. The van der Waals surface area contributed by atoms with Crippen molar-refractivity contribution < 1.29 is 14.1 Å². The van der Waals surface area contributed by atoms with E-state index in [1.165, 1.54) is 12.4 Å². The van der Waals surface area contributed by atoms with Gasteiger partial charge in [0.1, 0.15) is 0 Å². The van der Waals surface area contributed by atoms with Crippen LogP contribution in [-0.2, 0) is 9.31 Å². The molecular formula is C12H18BN3O3. The molecule has 0 radical (unpaired) electrons. The van der Waals surface area contributed by atoms with Gasteiger partial charge in [0, 0.05) is 11.7 Å². The molecule has 0 aromatic carbocycles. The van der Waals surface area contributed by atoms with Gasteiger partial charge in [-0.05, 0) is 27.7 Å². The van der Waals surface area contributed by atoms with E-state index in [0.717, 1.165) is 0 Å². The van der Waals surface area contributed by atoms with Gasteiger partial charge in [0.2, 0.25) is 0 Å². The van der Waals surface area contributed by atoms with Crippen LogP contribution in [0.15, 0.2) is 12.4 Å². The van der Waals surface area contributed by atoms with E-state index in [0.29, 0.717) is 5.46 Å². The lowest BCUT2D eigenvalue weighted by Crippen LogP contribution is -2.41. The molecule has 1 aliphatic rings. The maximum Gasteiger partial charge on any atom is 0.497 e. The maximum absolute atomic E-state index is 11.5. The number of amides is 1. The van der Waals surface area contributed by atoms with Crippen LogP contribution < -0.4 is 16.9 Å². The molecule has 19 heavy (non-hydrogen) atoms. The van der Waals surface area contributed by atoms with Crippen LogP contribution in [-0.4, -0.2) is 29.2 Å². The second kappa shape index (κ2) is 4.21. The summed E-state index contributed by atoms with van der Waals surface area (Å²) in [5.74, 6) is -0.621. The van der Waals surface area contributed by atoms with E-state index in [-0.39, 0.29) is 11.3 Å². The first kappa shape index (κ1) is 13.8. The van der Waals surface area contributed by atoms with E-state index >= 15 is 0 Å². The SMILES string of the molecule is CC1(C)OB(c2cncc(N)c2C(N)=O)OC1(C)C. The minimum absolute atomic E-state index is 0.202. The lowest BCUT2D eigenvalue weighted by molar-refractivity contribution is 0.00578. The third-order valence-corrected chi connectivity index (χ3v) is 3.76. The standard InChI is InChI=1S/C12H18BN3O3/c1-11(2)12(3,4)19-13(18-11)7-5-16-6-8(14)9(7)10(15)17/h5-6H,14H2,1-4H3,(H2,15,17). The number of aromatic nitrogens is 1. The fourth-order valence-corrected chi connectivity index (χ4v) is 1.93. The van der Waals surface area contributed by atoms with Crippen LogP contribution >= 0.6 is 0 Å². The Labute approximate surface area is 112 Å². The van der Waals surface area contributed by atoms with Gasteiger partial charge in [0.15, 0.2) is 0 Å². The van der Waals surface area contributed by atoms with E-state index in [1.807, 2.05) is 27.7 Å². The Balaban J connectivity index is 2.46. The summed E-state index contributed by atoms with van der Waals surface area (Å²) >= 11 is 0. The Morgan fingerprint density at radius 1 is 1.21 bits per heavy atom. The average molecular weight is 263 g/mol. The summed E-state index contributed by atoms with van der Waals surface area (Å²) in [5.41, 5.74) is 11.0. The number of hydrogen-bond donors (Lipinski definition) is 2. The van der Waals surface area contributed by atoms with Crippen LogP contribution in [0.4, 0.5) is 5.69 Å². The second-order valence-electron chi connectivity index (χ2n) is 5.65. The number of hydrogen-bond acceptors (Lipinski definition) is 5. The van der Waals surface area contributed by atoms with Gasteiger partial charge in [-0.3, -0.25) is 9.78 Å². The molecule has 1 aliphatic heterocycles. The number of carbonyl (C=O) groups excluding carboxylic acids is 1. The molecule has 0 saturated carbocycles. The van der Waals surface area contributed by atoms with Gasteiger partial charge in [0.05, 0.1) is 28.6 Å². The molecule has 1 aromatic rings. The number of carbonyl (C=O) groups is 1. The topological polar surface area (TPSA) is 100 Å². The maximum atomic E-state index is 11.5. The number of anilines is 1. The van der Waals surface area contributed by atoms with Crippen molar-refractivity contribution in [1.82, 2.24) is 4.98 Å². The summed E-state index contributed by atoms with van der Waals surface area (Å²) in [6.07, 6.45) is 2.88. The van der Waals surface area contributed by atoms with E-state index in [1.54, 1.807) is 0 Å². The second-order valence-corrected chi connectivity index (χ2v) is 5.65. The van der Waals surface area contributed by atoms with Crippen molar-refractivity contribution in [2.24, 2.45) is 5.73 Å². The molecule has 7 heteroatoms. The van der Waals surface area contributed by atoms with Gasteiger partial charge in [0.25, 0.3) is 5.91 Å². The smallest absolute Gasteiger partial charge is 0.399 e. The first-order chi connectivity index (χ1) is 8.66. The molecule has 0 unspecified atom stereocenters. The highest BCUT2D eigenvalue weighted by atomic mass is 16.7. The highest BCUT2D eigenvalue weighted by Gasteiger charge is 2.52. The number of nitrogens with two attached hydrogens (primary N) is 2. The van der Waals surface area contributed by atoms with Crippen molar-refractivity contribution in [2.45, 2.75) is 38.9 Å². The molecule has 1 saturated heterocycles. The molecule has 1 fully saturated rings. The quantitative estimate of drug-likeness (QED) is 0.735. The van der Waals surface area contributed by atoms with Crippen molar-refractivity contribution in [1.29, 1.82) is 0 Å². The van der Waals surface area contributed by atoms with Crippen molar-refractivity contribution in [2.75, 3.05) is 5.73 Å². The number of nitrogen functional groups attached to an aromatic ring is 1. The van der Waals surface area contributed by atoms with E-state index in [4.69, 9.17) is 20.8 Å². The Kier molecular flexibility index (Phi) is 3.06. The van der Waals surface area contributed by atoms with E-state index in [2.05, 4.69) is 4.98 Å². The summed E-state index contributed by atoms with van der Waals surface area (Å²) in [6.45, 7) is 7.71. The molecule has 2 rings (SSSR count). The van der Waals surface area contributed by atoms with E-state index in [9.17, 15) is 4.79 Å².